The Morgan fingerprint density at radius 2 is 1.55 bits per heavy atom. The second-order valence-corrected chi connectivity index (χ2v) is 7.30. The molecule has 5 heteroatoms. The third kappa shape index (κ3) is 4.19. The van der Waals surface area contributed by atoms with E-state index in [0.29, 0.717) is 25.9 Å². The van der Waals surface area contributed by atoms with Gasteiger partial charge in [0.1, 0.15) is 5.41 Å². The fourth-order valence-electron chi connectivity index (χ4n) is 3.42. The summed E-state index contributed by atoms with van der Waals surface area (Å²) in [5.41, 5.74) is 1.60. The molecule has 0 atom stereocenters. The third-order valence-electron chi connectivity index (χ3n) is 5.25. The van der Waals surface area contributed by atoms with Crippen LogP contribution in [0.5, 0.6) is 0 Å². The molecule has 1 N–H and O–H groups in total. The van der Waals surface area contributed by atoms with Gasteiger partial charge in [0.05, 0.1) is 18.8 Å². The highest BCUT2D eigenvalue weighted by Crippen LogP contribution is 2.48. The largest absolute Gasteiger partial charge is 0.350 e. The van der Waals surface area contributed by atoms with Crippen LogP contribution in [0.4, 0.5) is 5.69 Å². The molecule has 0 aliphatic heterocycles. The Morgan fingerprint density at radius 1 is 0.897 bits per heavy atom. The van der Waals surface area contributed by atoms with Crippen molar-refractivity contribution in [1.82, 2.24) is 10.3 Å². The van der Waals surface area contributed by atoms with Crippen molar-refractivity contribution < 1.29 is 9.59 Å². The second kappa shape index (κ2) is 8.27. The highest BCUT2D eigenvalue weighted by Gasteiger charge is 2.58. The maximum atomic E-state index is 13.5. The van der Waals surface area contributed by atoms with E-state index in [1.54, 1.807) is 11.1 Å². The van der Waals surface area contributed by atoms with Crippen molar-refractivity contribution in [3.8, 4) is 0 Å². The summed E-state index contributed by atoms with van der Waals surface area (Å²) in [5, 5.41) is 2.90. The summed E-state index contributed by atoms with van der Waals surface area (Å²) in [6.07, 6.45) is 2.83. The van der Waals surface area contributed by atoms with Crippen molar-refractivity contribution in [1.29, 1.82) is 0 Å². The van der Waals surface area contributed by atoms with Crippen LogP contribution < -0.4 is 10.2 Å². The molecule has 146 valence electrons. The van der Waals surface area contributed by atoms with Gasteiger partial charge in [0.15, 0.2) is 0 Å². The summed E-state index contributed by atoms with van der Waals surface area (Å²) in [4.78, 5) is 32.4. The topological polar surface area (TPSA) is 62.3 Å². The minimum atomic E-state index is -0.987. The van der Waals surface area contributed by atoms with Gasteiger partial charge in [-0.15, -0.1) is 0 Å². The molecule has 1 fully saturated rings. The number of hydrogen-bond donors (Lipinski definition) is 1. The van der Waals surface area contributed by atoms with E-state index in [2.05, 4.69) is 10.3 Å². The van der Waals surface area contributed by atoms with Crippen LogP contribution in [0.25, 0.3) is 0 Å². The molecule has 2 amide bonds. The smallest absolute Gasteiger partial charge is 0.242 e. The van der Waals surface area contributed by atoms with Crippen LogP contribution in [-0.2, 0) is 22.7 Å². The number of pyridine rings is 1. The third-order valence-corrected chi connectivity index (χ3v) is 5.25. The molecule has 1 saturated carbocycles. The minimum absolute atomic E-state index is 0.147. The Balaban J connectivity index is 1.54. The van der Waals surface area contributed by atoms with Gasteiger partial charge in [-0.25, -0.2) is 0 Å². The van der Waals surface area contributed by atoms with E-state index in [-0.39, 0.29) is 11.8 Å². The number of nitrogens with zero attached hydrogens (tertiary/aromatic N) is 2. The molecule has 0 saturated heterocycles. The van der Waals surface area contributed by atoms with Crippen molar-refractivity contribution in [3.05, 3.63) is 96.3 Å². The SMILES string of the molecule is O=C(NCc1ccccn1)C1(C(=O)N(Cc2ccccc2)c2ccccc2)CC1. The van der Waals surface area contributed by atoms with Gasteiger partial charge in [-0.1, -0.05) is 54.6 Å². The van der Waals surface area contributed by atoms with E-state index in [9.17, 15) is 9.59 Å². The molecule has 29 heavy (non-hydrogen) atoms. The summed E-state index contributed by atoms with van der Waals surface area (Å²) < 4.78 is 0. The fraction of sp³-hybridized carbons (Fsp3) is 0.208. The zero-order chi connectivity index (χ0) is 20.1. The van der Waals surface area contributed by atoms with Crippen LogP contribution in [0.1, 0.15) is 24.1 Å². The molecular weight excluding hydrogens is 362 g/mol. The lowest BCUT2D eigenvalue weighted by Gasteiger charge is -2.27. The van der Waals surface area contributed by atoms with Crippen molar-refractivity contribution in [2.45, 2.75) is 25.9 Å². The van der Waals surface area contributed by atoms with Crippen molar-refractivity contribution in [2.75, 3.05) is 4.90 Å². The monoisotopic (exact) mass is 385 g/mol. The average Bonchev–Trinajstić information content (AvgIpc) is 3.60. The number of carbonyl (C=O) groups excluding carboxylic acids is 2. The highest BCUT2D eigenvalue weighted by molar-refractivity contribution is 6.14. The molecule has 5 nitrogen and oxygen atoms in total. The van der Waals surface area contributed by atoms with Crippen LogP contribution in [0.3, 0.4) is 0 Å². The molecular formula is C24H23N3O2. The average molecular weight is 385 g/mol. The maximum Gasteiger partial charge on any atom is 0.242 e. The first kappa shape index (κ1) is 18.9. The lowest BCUT2D eigenvalue weighted by Crippen LogP contribution is -2.45. The number of rotatable bonds is 7. The second-order valence-electron chi connectivity index (χ2n) is 7.30. The molecule has 1 aliphatic rings. The number of hydrogen-bond acceptors (Lipinski definition) is 3. The van der Waals surface area contributed by atoms with Gasteiger partial charge < -0.3 is 10.2 Å². The Bertz CT molecular complexity index is 971. The van der Waals surface area contributed by atoms with E-state index >= 15 is 0 Å². The number of benzene rings is 2. The first-order valence-corrected chi connectivity index (χ1v) is 9.78. The molecule has 2 aromatic carbocycles. The van der Waals surface area contributed by atoms with Crippen molar-refractivity contribution >= 4 is 17.5 Å². The predicted octanol–water partition coefficient (Wildman–Crippen LogP) is 3.71. The summed E-state index contributed by atoms with van der Waals surface area (Å²) in [7, 11) is 0. The Morgan fingerprint density at radius 3 is 2.17 bits per heavy atom. The first-order valence-electron chi connectivity index (χ1n) is 9.78. The normalized spacial score (nSPS) is 14.1. The van der Waals surface area contributed by atoms with Gasteiger partial charge in [-0.05, 0) is 42.7 Å². The predicted molar refractivity (Wildman–Crippen MR) is 112 cm³/mol. The molecule has 1 heterocycles. The van der Waals surface area contributed by atoms with E-state index in [0.717, 1.165) is 16.9 Å². The number of nitrogens with one attached hydrogen (secondary N) is 1. The Kier molecular flexibility index (Phi) is 5.38. The quantitative estimate of drug-likeness (QED) is 0.631. The van der Waals surface area contributed by atoms with Gasteiger partial charge >= 0.3 is 0 Å². The molecule has 0 bridgehead atoms. The zero-order valence-corrected chi connectivity index (χ0v) is 16.1. The Labute approximate surface area is 170 Å². The standard InChI is InChI=1S/C24H23N3O2/c28-22(26-17-20-11-7-8-16-25-20)24(14-15-24)23(29)27(21-12-5-2-6-13-21)18-19-9-3-1-4-10-19/h1-13,16H,14-15,17-18H2,(H,26,28). The molecule has 0 radical (unpaired) electrons. The van der Waals surface area contributed by atoms with Gasteiger partial charge in [-0.3, -0.25) is 14.6 Å². The molecule has 1 aromatic heterocycles. The van der Waals surface area contributed by atoms with Crippen molar-refractivity contribution in [2.24, 2.45) is 5.41 Å². The van der Waals surface area contributed by atoms with Crippen molar-refractivity contribution in [3.63, 3.8) is 0 Å². The Hall–Kier alpha value is -3.47. The minimum Gasteiger partial charge on any atom is -0.350 e. The zero-order valence-electron chi connectivity index (χ0n) is 16.1. The van der Waals surface area contributed by atoms with Gasteiger partial charge in [0, 0.05) is 11.9 Å². The number of anilines is 1. The van der Waals surface area contributed by atoms with Crippen LogP contribution >= 0.6 is 0 Å². The number of amides is 2. The van der Waals surface area contributed by atoms with Gasteiger partial charge in [0.2, 0.25) is 11.8 Å². The number of carbonyl (C=O) groups is 2. The summed E-state index contributed by atoms with van der Waals surface area (Å²) in [5.74, 6) is -0.367. The summed E-state index contributed by atoms with van der Waals surface area (Å²) >= 11 is 0. The van der Waals surface area contributed by atoms with E-state index < -0.39 is 5.41 Å². The number of aromatic nitrogens is 1. The van der Waals surface area contributed by atoms with Crippen LogP contribution in [0.15, 0.2) is 85.1 Å². The highest BCUT2D eigenvalue weighted by atomic mass is 16.2. The van der Waals surface area contributed by atoms with E-state index in [1.165, 1.54) is 0 Å². The first-order chi connectivity index (χ1) is 14.2. The number of para-hydroxylation sites is 1. The molecule has 0 unspecified atom stereocenters. The maximum absolute atomic E-state index is 13.5. The van der Waals surface area contributed by atoms with Gasteiger partial charge in [0.25, 0.3) is 0 Å². The molecule has 4 rings (SSSR count). The van der Waals surface area contributed by atoms with Crippen LogP contribution in [0.2, 0.25) is 0 Å². The summed E-state index contributed by atoms with van der Waals surface area (Å²) in [6.45, 7) is 0.748. The molecule has 0 spiro atoms. The van der Waals surface area contributed by atoms with Crippen LogP contribution in [0, 0.1) is 5.41 Å². The van der Waals surface area contributed by atoms with Crippen LogP contribution in [-0.4, -0.2) is 16.8 Å². The molecule has 1 aliphatic carbocycles. The fourth-order valence-corrected chi connectivity index (χ4v) is 3.42. The van der Waals surface area contributed by atoms with E-state index in [4.69, 9.17) is 0 Å². The van der Waals surface area contributed by atoms with E-state index in [1.807, 2.05) is 78.9 Å². The summed E-state index contributed by atoms with van der Waals surface area (Å²) in [6, 6.07) is 24.9. The lowest BCUT2D eigenvalue weighted by atomic mass is 10.0. The molecule has 3 aromatic rings. The lowest BCUT2D eigenvalue weighted by molar-refractivity contribution is -0.135. The van der Waals surface area contributed by atoms with Gasteiger partial charge in [-0.2, -0.15) is 0 Å².